The molecule has 0 aromatic rings. The van der Waals surface area contributed by atoms with E-state index in [1.807, 2.05) is 6.08 Å². The summed E-state index contributed by atoms with van der Waals surface area (Å²) in [4.78, 5) is 13.2. The Balaban J connectivity index is 1.55. The first-order valence-electron chi connectivity index (χ1n) is 30.8. The molecule has 2 aliphatic heterocycles. The van der Waals surface area contributed by atoms with Crippen LogP contribution >= 0.6 is 0 Å². The third-order valence-corrected chi connectivity index (χ3v) is 14.1. The molecule has 9 N–H and O–H groups in total. The number of allylic oxidation sites excluding steroid dienone is 19. The number of hydrogen-bond acceptors (Lipinski definition) is 13. The minimum absolute atomic E-state index is 0.260. The smallest absolute Gasteiger partial charge is 0.220 e. The van der Waals surface area contributed by atoms with Gasteiger partial charge in [-0.05, 0) is 89.9 Å². The van der Waals surface area contributed by atoms with Gasteiger partial charge in [0.05, 0.1) is 32.0 Å². The molecule has 456 valence electrons. The highest BCUT2D eigenvalue weighted by atomic mass is 16.7. The molecule has 2 rings (SSSR count). The summed E-state index contributed by atoms with van der Waals surface area (Å²) < 4.78 is 22.6. The van der Waals surface area contributed by atoms with Gasteiger partial charge in [-0.3, -0.25) is 4.79 Å². The molecule has 12 atom stereocenters. The number of aliphatic hydroxyl groups excluding tert-OH is 8. The number of aliphatic hydroxyl groups is 8. The molecular formula is C66H109NO13. The predicted octanol–water partition coefficient (Wildman–Crippen LogP) is 11.0. The van der Waals surface area contributed by atoms with Gasteiger partial charge < -0.3 is 65.1 Å². The molecule has 14 heteroatoms. The van der Waals surface area contributed by atoms with Crippen molar-refractivity contribution in [3.05, 3.63) is 122 Å². The molecule has 0 aromatic heterocycles. The molecular weight excluding hydrogens is 1010 g/mol. The maximum Gasteiger partial charge on any atom is 0.220 e. The van der Waals surface area contributed by atoms with Crippen LogP contribution in [0.1, 0.15) is 194 Å². The standard InChI is InChI=1S/C66H109NO13/c1-3-5-7-9-11-12-13-14-15-16-17-18-19-20-21-22-23-24-25-26-27-28-29-30-31-32-33-34-35-36-37-38-39-40-41-42-44-46-48-50-58(71)67-54(55(70)49-47-45-43-10-8-6-4-2)53-77-65-63(76)61(74)64(57(52-69)79-65)80-66-62(75)60(73)59(72)56(51-68)78-66/h5,7-8,10-12,14-15,17-18,20-21,23-24,26-27,29-30,47,49,54-57,59-66,68-70,72-76H,3-4,6,9,13,16,19,22,25,28,31-46,48,50-53H2,1-2H3,(H,67,71)/b7-5-,10-8+,12-11-,15-14-,18-17-,21-20-,24-23-,27-26-,30-29-,49-47+. The van der Waals surface area contributed by atoms with Gasteiger partial charge in [0.2, 0.25) is 5.91 Å². The van der Waals surface area contributed by atoms with Gasteiger partial charge >= 0.3 is 0 Å². The number of ether oxygens (including phenoxy) is 4. The van der Waals surface area contributed by atoms with Crippen LogP contribution in [-0.2, 0) is 23.7 Å². The second-order valence-corrected chi connectivity index (χ2v) is 21.1. The molecule has 0 aromatic carbocycles. The molecule has 0 radical (unpaired) electrons. The predicted molar refractivity (Wildman–Crippen MR) is 322 cm³/mol. The lowest BCUT2D eigenvalue weighted by Gasteiger charge is -2.46. The normalized spacial score (nSPS) is 25.1. The second kappa shape index (κ2) is 50.0. The maximum atomic E-state index is 13.2. The topological polar surface area (TPSA) is 228 Å². The summed E-state index contributed by atoms with van der Waals surface area (Å²) in [7, 11) is 0. The zero-order valence-electron chi connectivity index (χ0n) is 49.0. The van der Waals surface area contributed by atoms with Gasteiger partial charge in [-0.2, -0.15) is 0 Å². The van der Waals surface area contributed by atoms with E-state index < -0.39 is 86.8 Å². The summed E-state index contributed by atoms with van der Waals surface area (Å²) in [5.74, 6) is -0.260. The van der Waals surface area contributed by atoms with E-state index >= 15 is 0 Å². The molecule has 80 heavy (non-hydrogen) atoms. The minimum Gasteiger partial charge on any atom is -0.394 e. The Kier molecular flexibility index (Phi) is 45.3. The van der Waals surface area contributed by atoms with Crippen LogP contribution in [0.4, 0.5) is 0 Å². The monoisotopic (exact) mass is 1120 g/mol. The van der Waals surface area contributed by atoms with Crippen molar-refractivity contribution < 1.29 is 64.6 Å². The van der Waals surface area contributed by atoms with Crippen LogP contribution in [0.2, 0.25) is 0 Å². The molecule has 12 unspecified atom stereocenters. The molecule has 1 amide bonds. The van der Waals surface area contributed by atoms with E-state index in [0.717, 1.165) is 96.3 Å². The highest BCUT2D eigenvalue weighted by molar-refractivity contribution is 5.76. The number of amides is 1. The SMILES string of the molecule is CC/C=C\C/C=C\C/C=C\C/C=C\C/C=C\C/C=C\C/C=C\C/C=C\CCCCCCCCCCCCCCCCC(=O)NC(COC1OC(CO)C(OC2OC(CO)C(O)C(O)C2O)C(O)C1O)C(O)/C=C/CC/C=C/CCC. The van der Waals surface area contributed by atoms with Gasteiger partial charge in [-0.1, -0.05) is 219 Å². The van der Waals surface area contributed by atoms with Crippen molar-refractivity contribution in [2.75, 3.05) is 19.8 Å². The molecule has 2 fully saturated rings. The third-order valence-electron chi connectivity index (χ3n) is 14.1. The summed E-state index contributed by atoms with van der Waals surface area (Å²) in [6.45, 7) is 2.52. The van der Waals surface area contributed by atoms with E-state index in [9.17, 15) is 45.6 Å². The average molecular weight is 1120 g/mol. The molecule has 0 spiro atoms. The van der Waals surface area contributed by atoms with Crippen LogP contribution in [0.15, 0.2) is 122 Å². The molecule has 0 aliphatic carbocycles. The number of carbonyl (C=O) groups is 1. The van der Waals surface area contributed by atoms with Crippen LogP contribution in [0.3, 0.4) is 0 Å². The summed E-state index contributed by atoms with van der Waals surface area (Å²) >= 11 is 0. The maximum absolute atomic E-state index is 13.2. The lowest BCUT2D eigenvalue weighted by atomic mass is 9.97. The third kappa shape index (κ3) is 34.7. The van der Waals surface area contributed by atoms with Crippen LogP contribution in [0.25, 0.3) is 0 Å². The van der Waals surface area contributed by atoms with Crippen molar-refractivity contribution in [2.45, 2.75) is 267 Å². The minimum atomic E-state index is -1.79. The fourth-order valence-electron chi connectivity index (χ4n) is 9.21. The fraction of sp³-hybridized carbons (Fsp3) is 0.682. The Morgan fingerprint density at radius 1 is 0.463 bits per heavy atom. The van der Waals surface area contributed by atoms with Crippen molar-refractivity contribution in [2.24, 2.45) is 0 Å². The van der Waals surface area contributed by atoms with Gasteiger partial charge in [-0.15, -0.1) is 0 Å². The van der Waals surface area contributed by atoms with Crippen LogP contribution < -0.4 is 5.32 Å². The van der Waals surface area contributed by atoms with Crippen molar-refractivity contribution in [1.29, 1.82) is 0 Å². The molecule has 0 saturated carbocycles. The van der Waals surface area contributed by atoms with E-state index in [1.165, 1.54) is 64.2 Å². The molecule has 14 nitrogen and oxygen atoms in total. The van der Waals surface area contributed by atoms with E-state index in [0.29, 0.717) is 12.8 Å². The number of hydrogen-bond donors (Lipinski definition) is 9. The van der Waals surface area contributed by atoms with Crippen molar-refractivity contribution >= 4 is 5.91 Å². The summed E-state index contributed by atoms with van der Waals surface area (Å²) in [5, 5.41) is 86.6. The lowest BCUT2D eigenvalue weighted by molar-refractivity contribution is -0.359. The Labute approximate surface area is 482 Å². The zero-order chi connectivity index (χ0) is 58.1. The van der Waals surface area contributed by atoms with E-state index in [2.05, 4.69) is 129 Å². The van der Waals surface area contributed by atoms with Gasteiger partial charge in [-0.25, -0.2) is 0 Å². The van der Waals surface area contributed by atoms with Crippen LogP contribution in [0, 0.1) is 0 Å². The van der Waals surface area contributed by atoms with E-state index in [1.54, 1.807) is 6.08 Å². The number of carbonyl (C=O) groups excluding carboxylic acids is 1. The first kappa shape index (κ1) is 72.5. The van der Waals surface area contributed by atoms with Crippen molar-refractivity contribution in [3.8, 4) is 0 Å². The van der Waals surface area contributed by atoms with Crippen molar-refractivity contribution in [3.63, 3.8) is 0 Å². The highest BCUT2D eigenvalue weighted by Crippen LogP contribution is 2.30. The fourth-order valence-corrected chi connectivity index (χ4v) is 9.21. The van der Waals surface area contributed by atoms with Crippen molar-refractivity contribution in [1.82, 2.24) is 5.32 Å². The quantitative estimate of drug-likeness (QED) is 0.0204. The van der Waals surface area contributed by atoms with Gasteiger partial charge in [0.15, 0.2) is 12.6 Å². The molecule has 0 bridgehead atoms. The Morgan fingerprint density at radius 3 is 1.36 bits per heavy atom. The average Bonchev–Trinajstić information content (AvgIpc) is 3.48. The second-order valence-electron chi connectivity index (χ2n) is 21.1. The number of unbranched alkanes of at least 4 members (excludes halogenated alkanes) is 16. The Hall–Kier alpha value is -3.61. The van der Waals surface area contributed by atoms with Gasteiger partial charge in [0.1, 0.15) is 48.8 Å². The van der Waals surface area contributed by atoms with Crippen LogP contribution in [-0.4, -0.2) is 140 Å². The van der Waals surface area contributed by atoms with E-state index in [-0.39, 0.29) is 18.9 Å². The summed E-state index contributed by atoms with van der Waals surface area (Å²) in [6, 6.07) is -0.935. The molecule has 2 aliphatic rings. The largest absolute Gasteiger partial charge is 0.394 e. The Bertz CT molecular complexity index is 1800. The number of rotatable bonds is 47. The summed E-state index contributed by atoms with van der Waals surface area (Å²) in [6.07, 6.45) is 56.0. The molecule has 2 heterocycles. The first-order chi connectivity index (χ1) is 39.1. The van der Waals surface area contributed by atoms with Gasteiger partial charge in [0.25, 0.3) is 0 Å². The van der Waals surface area contributed by atoms with Crippen LogP contribution in [0.5, 0.6) is 0 Å². The highest BCUT2D eigenvalue weighted by Gasteiger charge is 2.51. The van der Waals surface area contributed by atoms with E-state index in [4.69, 9.17) is 18.9 Å². The van der Waals surface area contributed by atoms with Gasteiger partial charge in [0, 0.05) is 6.42 Å². The first-order valence-corrected chi connectivity index (χ1v) is 30.8. The number of nitrogens with one attached hydrogen (secondary N) is 1. The zero-order valence-corrected chi connectivity index (χ0v) is 49.0. The lowest BCUT2D eigenvalue weighted by Crippen LogP contribution is -2.65. The Morgan fingerprint density at radius 2 is 0.875 bits per heavy atom. The molecule has 2 saturated heterocycles. The summed E-state index contributed by atoms with van der Waals surface area (Å²) in [5.41, 5.74) is 0.